The van der Waals surface area contributed by atoms with Crippen LogP contribution in [0.1, 0.15) is 40.2 Å². The van der Waals surface area contributed by atoms with Crippen molar-refractivity contribution in [2.24, 2.45) is 0 Å². The predicted octanol–water partition coefficient (Wildman–Crippen LogP) is 4.43. The lowest BCUT2D eigenvalue weighted by Crippen LogP contribution is -2.50. The molecule has 6 heteroatoms. The molecular formula is C19H25F2NO3. The van der Waals surface area contributed by atoms with Crippen molar-refractivity contribution in [3.8, 4) is 0 Å². The molecule has 1 aliphatic rings. The number of halogens is 2. The average Bonchev–Trinajstić information content (AvgIpc) is 2.66. The third kappa shape index (κ3) is 4.57. The van der Waals surface area contributed by atoms with Crippen LogP contribution in [-0.2, 0) is 15.9 Å². The molecule has 0 N–H and O–H groups in total. The van der Waals surface area contributed by atoms with Crippen LogP contribution in [0.15, 0.2) is 30.9 Å². The molecule has 0 saturated carbocycles. The Bertz CT molecular complexity index is 647. The van der Waals surface area contributed by atoms with Crippen LogP contribution in [0.3, 0.4) is 0 Å². The lowest BCUT2D eigenvalue weighted by Gasteiger charge is -2.35. The minimum atomic E-state index is -0.933. The van der Waals surface area contributed by atoms with Gasteiger partial charge in [0.05, 0.1) is 12.1 Å². The van der Waals surface area contributed by atoms with E-state index in [0.717, 1.165) is 6.07 Å². The Labute approximate surface area is 147 Å². The van der Waals surface area contributed by atoms with Gasteiger partial charge in [-0.15, -0.1) is 6.58 Å². The molecule has 4 nitrogen and oxygen atoms in total. The number of nitrogens with zero attached hydrogens (tertiary/aromatic N) is 1. The van der Waals surface area contributed by atoms with E-state index in [9.17, 15) is 13.6 Å². The van der Waals surface area contributed by atoms with E-state index in [1.54, 1.807) is 40.7 Å². The van der Waals surface area contributed by atoms with Crippen LogP contribution in [0.25, 0.3) is 0 Å². The van der Waals surface area contributed by atoms with Gasteiger partial charge in [-0.2, -0.15) is 0 Å². The van der Waals surface area contributed by atoms with E-state index in [-0.39, 0.29) is 6.42 Å². The second-order valence-corrected chi connectivity index (χ2v) is 7.66. The quantitative estimate of drug-likeness (QED) is 0.755. The van der Waals surface area contributed by atoms with Crippen molar-refractivity contribution >= 4 is 6.09 Å². The van der Waals surface area contributed by atoms with Crippen molar-refractivity contribution in [3.05, 3.63) is 48.1 Å². The molecule has 1 fully saturated rings. The van der Waals surface area contributed by atoms with E-state index < -0.39 is 41.2 Å². The largest absolute Gasteiger partial charge is 0.444 e. The van der Waals surface area contributed by atoms with Crippen molar-refractivity contribution in [1.82, 2.24) is 4.90 Å². The van der Waals surface area contributed by atoms with Gasteiger partial charge in [0.15, 0.2) is 0 Å². The van der Waals surface area contributed by atoms with Gasteiger partial charge in [-0.1, -0.05) is 6.08 Å². The van der Waals surface area contributed by atoms with E-state index in [0.29, 0.717) is 5.56 Å². The molecule has 1 aromatic carbocycles. The van der Waals surface area contributed by atoms with E-state index in [2.05, 4.69) is 6.58 Å². The Morgan fingerprint density at radius 2 is 1.88 bits per heavy atom. The Hall–Kier alpha value is -1.95. The minimum Gasteiger partial charge on any atom is -0.444 e. The van der Waals surface area contributed by atoms with E-state index in [1.165, 1.54) is 17.0 Å². The minimum absolute atomic E-state index is 0.216. The van der Waals surface area contributed by atoms with Crippen molar-refractivity contribution in [3.63, 3.8) is 0 Å². The summed E-state index contributed by atoms with van der Waals surface area (Å²) in [6, 6.07) is 2.84. The van der Waals surface area contributed by atoms with Crippen molar-refractivity contribution in [2.75, 3.05) is 0 Å². The molecule has 0 aromatic heterocycles. The molecule has 1 amide bonds. The standard InChI is InChI=1S/C19H25F2NO3/c1-7-16-15(10-12-8-13(20)11-14(21)9-12)22(19(5,6)24-16)17(23)25-18(2,3)4/h7-9,11,15-16H,1,10H2,2-6H3/t15-,16+/m0/s1. The van der Waals surface area contributed by atoms with Gasteiger partial charge in [0, 0.05) is 6.07 Å². The average molecular weight is 353 g/mol. The lowest BCUT2D eigenvalue weighted by molar-refractivity contribution is -0.0715. The van der Waals surface area contributed by atoms with Crippen LogP contribution in [-0.4, -0.2) is 34.5 Å². The summed E-state index contributed by atoms with van der Waals surface area (Å²) in [6.07, 6.45) is 0.790. The van der Waals surface area contributed by atoms with Gasteiger partial charge in [-0.25, -0.2) is 13.6 Å². The van der Waals surface area contributed by atoms with Gasteiger partial charge >= 0.3 is 6.09 Å². The summed E-state index contributed by atoms with van der Waals surface area (Å²) in [5.41, 5.74) is -1.17. The fraction of sp³-hybridized carbons (Fsp3) is 0.526. The molecule has 0 aliphatic carbocycles. The first-order chi connectivity index (χ1) is 11.4. The van der Waals surface area contributed by atoms with Gasteiger partial charge in [0.2, 0.25) is 0 Å². The highest BCUT2D eigenvalue weighted by atomic mass is 19.1. The summed E-state index contributed by atoms with van der Waals surface area (Å²) in [4.78, 5) is 14.2. The number of ether oxygens (including phenoxy) is 2. The van der Waals surface area contributed by atoms with Crippen molar-refractivity contribution in [2.45, 2.75) is 64.5 Å². The van der Waals surface area contributed by atoms with Gasteiger partial charge in [-0.05, 0) is 58.7 Å². The molecule has 138 valence electrons. The second-order valence-electron chi connectivity index (χ2n) is 7.66. The number of hydrogen-bond donors (Lipinski definition) is 0. The zero-order chi connectivity index (χ0) is 19.0. The SMILES string of the molecule is C=C[C@H]1OC(C)(C)N(C(=O)OC(C)(C)C)[C@H]1Cc1cc(F)cc(F)c1. The van der Waals surface area contributed by atoms with Gasteiger partial charge < -0.3 is 9.47 Å². The third-order valence-corrected chi connectivity index (χ3v) is 3.91. The number of carbonyl (C=O) groups is 1. The first kappa shape index (κ1) is 19.4. The Balaban J connectivity index is 2.35. The second kappa shape index (κ2) is 6.75. The first-order valence-electron chi connectivity index (χ1n) is 8.20. The van der Waals surface area contributed by atoms with Gasteiger partial charge in [-0.3, -0.25) is 4.90 Å². The highest BCUT2D eigenvalue weighted by molar-refractivity contribution is 5.70. The van der Waals surface area contributed by atoms with Crippen LogP contribution in [0.4, 0.5) is 13.6 Å². The van der Waals surface area contributed by atoms with Crippen LogP contribution >= 0.6 is 0 Å². The van der Waals surface area contributed by atoms with Crippen molar-refractivity contribution in [1.29, 1.82) is 0 Å². The Morgan fingerprint density at radius 1 is 1.32 bits per heavy atom. The monoisotopic (exact) mass is 353 g/mol. The zero-order valence-corrected chi connectivity index (χ0v) is 15.3. The van der Waals surface area contributed by atoms with Crippen LogP contribution in [0.5, 0.6) is 0 Å². The number of benzene rings is 1. The molecule has 1 saturated heterocycles. The van der Waals surface area contributed by atoms with Crippen LogP contribution in [0.2, 0.25) is 0 Å². The normalized spacial score (nSPS) is 22.8. The summed E-state index contributed by atoms with van der Waals surface area (Å²) in [5, 5.41) is 0. The lowest BCUT2D eigenvalue weighted by atomic mass is 10.00. The number of rotatable bonds is 3. The molecule has 1 aromatic rings. The fourth-order valence-corrected chi connectivity index (χ4v) is 3.06. The maximum Gasteiger partial charge on any atom is 0.412 e. The summed E-state index contributed by atoms with van der Waals surface area (Å²) >= 11 is 0. The molecule has 0 unspecified atom stereocenters. The molecule has 2 rings (SSSR count). The molecule has 25 heavy (non-hydrogen) atoms. The molecule has 2 atom stereocenters. The van der Waals surface area contributed by atoms with Gasteiger partial charge in [0.1, 0.15) is 23.0 Å². The van der Waals surface area contributed by atoms with E-state index in [1.807, 2.05) is 0 Å². The molecule has 0 radical (unpaired) electrons. The molecular weight excluding hydrogens is 328 g/mol. The molecule has 1 heterocycles. The highest BCUT2D eigenvalue weighted by Crippen LogP contribution is 2.36. The Morgan fingerprint density at radius 3 is 2.36 bits per heavy atom. The van der Waals surface area contributed by atoms with Crippen LogP contribution < -0.4 is 0 Å². The highest BCUT2D eigenvalue weighted by Gasteiger charge is 2.50. The fourth-order valence-electron chi connectivity index (χ4n) is 3.06. The van der Waals surface area contributed by atoms with E-state index in [4.69, 9.17) is 9.47 Å². The number of hydrogen-bond acceptors (Lipinski definition) is 3. The zero-order valence-electron chi connectivity index (χ0n) is 15.3. The summed E-state index contributed by atoms with van der Waals surface area (Å²) in [6.45, 7) is 12.6. The predicted molar refractivity (Wildman–Crippen MR) is 91.1 cm³/mol. The molecule has 0 spiro atoms. The van der Waals surface area contributed by atoms with Crippen molar-refractivity contribution < 1.29 is 23.0 Å². The maximum atomic E-state index is 13.5. The number of carbonyl (C=O) groups excluding carboxylic acids is 1. The van der Waals surface area contributed by atoms with Gasteiger partial charge in [0.25, 0.3) is 0 Å². The summed E-state index contributed by atoms with van der Waals surface area (Å²) < 4.78 is 38.4. The first-order valence-corrected chi connectivity index (χ1v) is 8.20. The summed E-state index contributed by atoms with van der Waals surface area (Å²) in [5.74, 6) is -1.32. The number of amides is 1. The van der Waals surface area contributed by atoms with E-state index >= 15 is 0 Å². The topological polar surface area (TPSA) is 38.8 Å². The molecule has 1 aliphatic heterocycles. The Kier molecular flexibility index (Phi) is 5.23. The maximum absolute atomic E-state index is 13.5. The van der Waals surface area contributed by atoms with Crippen LogP contribution in [0, 0.1) is 11.6 Å². The molecule has 0 bridgehead atoms. The smallest absolute Gasteiger partial charge is 0.412 e. The summed E-state index contributed by atoms with van der Waals surface area (Å²) in [7, 11) is 0. The third-order valence-electron chi connectivity index (χ3n) is 3.91.